The van der Waals surface area contributed by atoms with Crippen molar-refractivity contribution in [3.8, 4) is 11.5 Å². The molecule has 104 valence electrons. The summed E-state index contributed by atoms with van der Waals surface area (Å²) in [6.45, 7) is -0.307. The fourth-order valence-electron chi connectivity index (χ4n) is 1.56. The molecule has 0 atom stereocenters. The van der Waals surface area contributed by atoms with Gasteiger partial charge in [0.15, 0.2) is 11.6 Å². The summed E-state index contributed by atoms with van der Waals surface area (Å²) >= 11 is 5.67. The van der Waals surface area contributed by atoms with Gasteiger partial charge < -0.3 is 9.84 Å². The largest absolute Gasteiger partial charge is 0.447 e. The molecule has 7 heteroatoms. The molecule has 0 aliphatic rings. The van der Waals surface area contributed by atoms with Gasteiger partial charge >= 0.3 is 5.69 Å². The van der Waals surface area contributed by atoms with Gasteiger partial charge in [0.2, 0.25) is 5.75 Å². The fourth-order valence-corrected chi connectivity index (χ4v) is 1.73. The standard InChI is InChI=1S/C13H9ClFNO4/c14-9-2-4-13(11(6-9)16(18)19)20-12-3-1-8(7-17)5-10(12)15/h1-6,17H,7H2. The maximum absolute atomic E-state index is 13.7. The number of halogens is 2. The number of benzene rings is 2. The Morgan fingerprint density at radius 1 is 1.25 bits per heavy atom. The van der Waals surface area contributed by atoms with E-state index < -0.39 is 10.7 Å². The molecule has 0 radical (unpaired) electrons. The summed E-state index contributed by atoms with van der Waals surface area (Å²) in [5.41, 5.74) is 0.0172. The molecule has 0 aliphatic heterocycles. The van der Waals surface area contributed by atoms with Crippen LogP contribution in [0.25, 0.3) is 0 Å². The molecule has 0 amide bonds. The van der Waals surface area contributed by atoms with E-state index in [0.717, 1.165) is 12.1 Å². The van der Waals surface area contributed by atoms with Gasteiger partial charge in [0, 0.05) is 11.1 Å². The molecule has 1 N–H and O–H groups in total. The molecule has 5 nitrogen and oxygen atoms in total. The number of aliphatic hydroxyl groups excluding tert-OH is 1. The van der Waals surface area contributed by atoms with Crippen LogP contribution < -0.4 is 4.74 Å². The molecule has 0 bridgehead atoms. The quantitative estimate of drug-likeness (QED) is 0.690. The first-order valence-electron chi connectivity index (χ1n) is 5.52. The number of nitro benzene ring substituents is 1. The lowest BCUT2D eigenvalue weighted by Gasteiger charge is -2.08. The molecule has 0 aromatic heterocycles. The third-order valence-electron chi connectivity index (χ3n) is 2.52. The van der Waals surface area contributed by atoms with Gasteiger partial charge in [-0.05, 0) is 29.8 Å². The highest BCUT2D eigenvalue weighted by molar-refractivity contribution is 6.30. The van der Waals surface area contributed by atoms with Gasteiger partial charge in [-0.3, -0.25) is 10.1 Å². The third kappa shape index (κ3) is 3.04. The summed E-state index contributed by atoms with van der Waals surface area (Å²) < 4.78 is 18.9. The monoisotopic (exact) mass is 297 g/mol. The Hall–Kier alpha value is -2.18. The van der Waals surface area contributed by atoms with Crippen LogP contribution in [0.1, 0.15) is 5.56 Å². The van der Waals surface area contributed by atoms with Crippen LogP contribution in [0.4, 0.5) is 10.1 Å². The van der Waals surface area contributed by atoms with E-state index in [4.69, 9.17) is 21.4 Å². The second-order valence-electron chi connectivity index (χ2n) is 3.89. The van der Waals surface area contributed by atoms with Gasteiger partial charge in [0.05, 0.1) is 11.5 Å². The minimum absolute atomic E-state index is 0.116. The first-order valence-corrected chi connectivity index (χ1v) is 5.90. The van der Waals surface area contributed by atoms with Crippen LogP contribution in [0, 0.1) is 15.9 Å². The summed E-state index contributed by atoms with van der Waals surface area (Å²) in [6, 6.07) is 7.66. The van der Waals surface area contributed by atoms with Crippen molar-refractivity contribution in [1.29, 1.82) is 0 Å². The van der Waals surface area contributed by atoms with Crippen molar-refractivity contribution in [2.45, 2.75) is 6.61 Å². The van der Waals surface area contributed by atoms with E-state index >= 15 is 0 Å². The van der Waals surface area contributed by atoms with E-state index in [2.05, 4.69) is 0 Å². The van der Waals surface area contributed by atoms with Gasteiger partial charge in [-0.25, -0.2) is 4.39 Å². The van der Waals surface area contributed by atoms with Gasteiger partial charge in [-0.2, -0.15) is 0 Å². The van der Waals surface area contributed by atoms with Crippen molar-refractivity contribution in [1.82, 2.24) is 0 Å². The first kappa shape index (κ1) is 14.2. The van der Waals surface area contributed by atoms with Crippen LogP contribution >= 0.6 is 11.6 Å². The summed E-state index contributed by atoms with van der Waals surface area (Å²) in [5.74, 6) is -1.01. The van der Waals surface area contributed by atoms with Crippen molar-refractivity contribution in [3.05, 3.63) is 62.9 Å². The summed E-state index contributed by atoms with van der Waals surface area (Å²) in [6.07, 6.45) is 0. The SMILES string of the molecule is O=[N+]([O-])c1cc(Cl)ccc1Oc1ccc(CO)cc1F. The Bertz CT molecular complexity index is 663. The molecule has 2 aromatic rings. The van der Waals surface area contributed by atoms with Crippen molar-refractivity contribution in [3.63, 3.8) is 0 Å². The molecule has 0 aliphatic carbocycles. The predicted octanol–water partition coefficient (Wildman–Crippen LogP) is 3.67. The maximum Gasteiger partial charge on any atom is 0.313 e. The zero-order valence-corrected chi connectivity index (χ0v) is 10.8. The molecule has 0 heterocycles. The Balaban J connectivity index is 2.37. The lowest BCUT2D eigenvalue weighted by molar-refractivity contribution is -0.385. The zero-order valence-electron chi connectivity index (χ0n) is 10.0. The lowest BCUT2D eigenvalue weighted by Crippen LogP contribution is -1.95. The topological polar surface area (TPSA) is 72.6 Å². The van der Waals surface area contributed by atoms with Gasteiger partial charge in [-0.15, -0.1) is 0 Å². The number of rotatable bonds is 4. The normalized spacial score (nSPS) is 10.3. The average molecular weight is 298 g/mol. The van der Waals surface area contributed by atoms with Crippen LogP contribution in [0.2, 0.25) is 5.02 Å². The van der Waals surface area contributed by atoms with E-state index in [0.29, 0.717) is 5.56 Å². The smallest absolute Gasteiger partial charge is 0.313 e. The first-order chi connectivity index (χ1) is 9.51. The van der Waals surface area contributed by atoms with Crippen LogP contribution in [0.15, 0.2) is 36.4 Å². The average Bonchev–Trinajstić information content (AvgIpc) is 2.42. The molecular weight excluding hydrogens is 289 g/mol. The van der Waals surface area contributed by atoms with Crippen molar-refractivity contribution in [2.75, 3.05) is 0 Å². The Morgan fingerprint density at radius 2 is 1.95 bits per heavy atom. The third-order valence-corrected chi connectivity index (χ3v) is 2.75. The van der Waals surface area contributed by atoms with Crippen molar-refractivity contribution < 1.29 is 19.2 Å². The Kier molecular flexibility index (Phi) is 4.16. The molecule has 20 heavy (non-hydrogen) atoms. The Labute approximate surface area is 118 Å². The molecule has 0 unspecified atom stereocenters. The number of ether oxygens (including phenoxy) is 1. The summed E-state index contributed by atoms with van der Waals surface area (Å²) in [5, 5.41) is 19.9. The van der Waals surface area contributed by atoms with Crippen LogP contribution in [0.5, 0.6) is 11.5 Å². The van der Waals surface area contributed by atoms with Gasteiger partial charge in [0.1, 0.15) is 0 Å². The number of hydrogen-bond donors (Lipinski definition) is 1. The molecule has 0 saturated carbocycles. The van der Waals surface area contributed by atoms with Gasteiger partial charge in [-0.1, -0.05) is 17.7 Å². The highest BCUT2D eigenvalue weighted by Gasteiger charge is 2.17. The molecule has 0 spiro atoms. The molecule has 0 fully saturated rings. The van der Waals surface area contributed by atoms with E-state index in [1.165, 1.54) is 24.3 Å². The highest BCUT2D eigenvalue weighted by Crippen LogP contribution is 2.34. The number of aliphatic hydroxyl groups is 1. The number of nitro groups is 1. The molecular formula is C13H9ClFNO4. The molecule has 0 saturated heterocycles. The second-order valence-corrected chi connectivity index (χ2v) is 4.33. The maximum atomic E-state index is 13.7. The summed E-state index contributed by atoms with van der Waals surface area (Å²) in [4.78, 5) is 10.2. The highest BCUT2D eigenvalue weighted by atomic mass is 35.5. The fraction of sp³-hybridized carbons (Fsp3) is 0.0769. The number of nitrogens with zero attached hydrogens (tertiary/aromatic N) is 1. The second kappa shape index (κ2) is 5.85. The summed E-state index contributed by atoms with van der Waals surface area (Å²) in [7, 11) is 0. The van der Waals surface area contributed by atoms with Gasteiger partial charge in [0.25, 0.3) is 0 Å². The van der Waals surface area contributed by atoms with Crippen LogP contribution in [0.3, 0.4) is 0 Å². The van der Waals surface area contributed by atoms with Crippen molar-refractivity contribution >= 4 is 17.3 Å². The van der Waals surface area contributed by atoms with E-state index in [1.54, 1.807) is 0 Å². The minimum Gasteiger partial charge on any atom is -0.447 e. The molecule has 2 aromatic carbocycles. The zero-order chi connectivity index (χ0) is 14.7. The minimum atomic E-state index is -0.721. The van der Waals surface area contributed by atoms with Crippen LogP contribution in [-0.4, -0.2) is 10.0 Å². The van der Waals surface area contributed by atoms with Crippen molar-refractivity contribution in [2.24, 2.45) is 0 Å². The van der Waals surface area contributed by atoms with E-state index in [1.807, 2.05) is 0 Å². The molecule has 2 rings (SSSR count). The van der Waals surface area contributed by atoms with E-state index in [9.17, 15) is 14.5 Å². The van der Waals surface area contributed by atoms with Crippen LogP contribution in [-0.2, 0) is 6.61 Å². The van der Waals surface area contributed by atoms with E-state index in [-0.39, 0.29) is 28.8 Å². The predicted molar refractivity (Wildman–Crippen MR) is 70.5 cm³/mol. The Morgan fingerprint density at radius 3 is 2.55 bits per heavy atom. The number of hydrogen-bond acceptors (Lipinski definition) is 4. The lowest BCUT2D eigenvalue weighted by atomic mass is 10.2.